The van der Waals surface area contributed by atoms with E-state index in [1.54, 1.807) is 6.08 Å². The zero-order valence-electron chi connectivity index (χ0n) is 13.9. The molecule has 0 saturated heterocycles. The fourth-order valence-electron chi connectivity index (χ4n) is 2.33. The fraction of sp³-hybridized carbons (Fsp3) is 0.0769. The molecule has 0 N–H and O–H groups in total. The molecule has 0 nitrogen and oxygen atoms in total. The lowest BCUT2D eigenvalue weighted by atomic mass is 9.93. The number of benzene rings is 2. The van der Waals surface area contributed by atoms with Gasteiger partial charge >= 0.3 is 0 Å². The van der Waals surface area contributed by atoms with Gasteiger partial charge in [0.1, 0.15) is 0 Å². The first kappa shape index (κ1) is 22.9. The summed E-state index contributed by atoms with van der Waals surface area (Å²) in [6.45, 7) is 16.3. The SMILES string of the molecule is C.C.C=C/C=C(\C(=C)C(=C)/C=C\C(=C)c1ccccc1)c1ccccc1. The summed E-state index contributed by atoms with van der Waals surface area (Å²) < 4.78 is 0. The van der Waals surface area contributed by atoms with Gasteiger partial charge in [-0.05, 0) is 33.4 Å². The molecule has 0 bridgehead atoms. The molecule has 0 amide bonds. The van der Waals surface area contributed by atoms with Crippen molar-refractivity contribution < 1.29 is 0 Å². The Balaban J connectivity index is 0.00000312. The molecule has 26 heavy (non-hydrogen) atoms. The van der Waals surface area contributed by atoms with Crippen LogP contribution in [0.5, 0.6) is 0 Å². The molecule has 0 spiro atoms. The minimum atomic E-state index is 0. The highest BCUT2D eigenvalue weighted by atomic mass is 14.1. The van der Waals surface area contributed by atoms with Crippen LogP contribution in [-0.2, 0) is 0 Å². The predicted octanol–water partition coefficient (Wildman–Crippen LogP) is 7.91. The Morgan fingerprint density at radius 2 is 1.19 bits per heavy atom. The monoisotopic (exact) mass is 342 g/mol. The van der Waals surface area contributed by atoms with Gasteiger partial charge in [0.15, 0.2) is 0 Å². The third kappa shape index (κ3) is 6.07. The van der Waals surface area contributed by atoms with Crippen LogP contribution in [0.4, 0.5) is 0 Å². The molecule has 2 aromatic carbocycles. The van der Waals surface area contributed by atoms with Gasteiger partial charge in [-0.1, -0.05) is 126 Å². The summed E-state index contributed by atoms with van der Waals surface area (Å²) in [5, 5.41) is 0. The van der Waals surface area contributed by atoms with Gasteiger partial charge in [0.05, 0.1) is 0 Å². The van der Waals surface area contributed by atoms with E-state index in [4.69, 9.17) is 0 Å². The molecule has 0 heterocycles. The molecule has 0 heteroatoms. The van der Waals surface area contributed by atoms with E-state index in [2.05, 4.69) is 38.4 Å². The van der Waals surface area contributed by atoms with Crippen LogP contribution < -0.4 is 0 Å². The van der Waals surface area contributed by atoms with Gasteiger partial charge in [-0.3, -0.25) is 0 Å². The highest BCUT2D eigenvalue weighted by Gasteiger charge is 2.07. The van der Waals surface area contributed by atoms with E-state index in [9.17, 15) is 0 Å². The summed E-state index contributed by atoms with van der Waals surface area (Å²) in [6, 6.07) is 20.2. The van der Waals surface area contributed by atoms with Crippen molar-refractivity contribution in [1.29, 1.82) is 0 Å². The maximum atomic E-state index is 4.20. The van der Waals surface area contributed by atoms with Gasteiger partial charge in [0.2, 0.25) is 0 Å². The number of rotatable bonds is 7. The van der Waals surface area contributed by atoms with E-state index >= 15 is 0 Å². The summed E-state index contributed by atoms with van der Waals surface area (Å²) >= 11 is 0. The van der Waals surface area contributed by atoms with Crippen molar-refractivity contribution >= 4 is 11.1 Å². The van der Waals surface area contributed by atoms with Gasteiger partial charge < -0.3 is 0 Å². The number of hydrogen-bond donors (Lipinski definition) is 0. The van der Waals surface area contributed by atoms with E-state index < -0.39 is 0 Å². The molecule has 2 rings (SSSR count). The van der Waals surface area contributed by atoms with Crippen molar-refractivity contribution in [3.63, 3.8) is 0 Å². The Labute approximate surface area is 159 Å². The molecule has 0 aromatic heterocycles. The molecule has 0 aliphatic heterocycles. The van der Waals surface area contributed by atoms with Gasteiger partial charge in [-0.2, -0.15) is 0 Å². The third-order valence-corrected chi connectivity index (χ3v) is 3.71. The maximum absolute atomic E-state index is 4.20. The van der Waals surface area contributed by atoms with Crippen LogP contribution in [0.25, 0.3) is 11.1 Å². The first-order valence-electron chi connectivity index (χ1n) is 7.82. The molecule has 0 atom stereocenters. The molecule has 0 fully saturated rings. The predicted molar refractivity (Wildman–Crippen MR) is 121 cm³/mol. The Kier molecular flexibility index (Phi) is 10.1. The summed E-state index contributed by atoms with van der Waals surface area (Å²) in [6.07, 6.45) is 7.66. The van der Waals surface area contributed by atoms with E-state index in [0.29, 0.717) is 0 Å². The molecule has 0 unspecified atom stereocenters. The second-order valence-corrected chi connectivity index (χ2v) is 5.41. The van der Waals surface area contributed by atoms with Crippen LogP contribution in [0.1, 0.15) is 26.0 Å². The smallest absolute Gasteiger partial charge is 0.0112 e. The van der Waals surface area contributed by atoms with Crippen LogP contribution in [0.2, 0.25) is 0 Å². The molecule has 0 aliphatic rings. The van der Waals surface area contributed by atoms with E-state index in [1.807, 2.05) is 66.8 Å². The molecule has 0 radical (unpaired) electrons. The second kappa shape index (κ2) is 11.4. The van der Waals surface area contributed by atoms with Crippen molar-refractivity contribution in [1.82, 2.24) is 0 Å². The highest BCUT2D eigenvalue weighted by molar-refractivity contribution is 5.85. The first-order chi connectivity index (χ1) is 11.6. The maximum Gasteiger partial charge on any atom is -0.0112 e. The normalized spacial score (nSPS) is 10.4. The summed E-state index contributed by atoms with van der Waals surface area (Å²) in [5.74, 6) is 0. The quantitative estimate of drug-likeness (QED) is 0.448. The number of hydrogen-bond acceptors (Lipinski definition) is 0. The van der Waals surface area contributed by atoms with Gasteiger partial charge in [0.25, 0.3) is 0 Å². The lowest BCUT2D eigenvalue weighted by Gasteiger charge is -2.11. The fourth-order valence-corrected chi connectivity index (χ4v) is 2.33. The van der Waals surface area contributed by atoms with Crippen molar-refractivity contribution in [3.05, 3.63) is 134 Å². The van der Waals surface area contributed by atoms with Crippen LogP contribution in [0, 0.1) is 0 Å². The largest absolute Gasteiger partial charge is 0.0990 e. The second-order valence-electron chi connectivity index (χ2n) is 5.41. The Bertz CT molecular complexity index is 800. The lowest BCUT2D eigenvalue weighted by Crippen LogP contribution is -1.91. The standard InChI is InChI=1S/C24H22.2CH4/c1-5-12-24(23-15-10-7-11-16-23)21(4)19(2)17-18-20(3)22-13-8-6-9-14-22;;/h5-18H,1-4H2;2*1H4/b18-17-,24-12+;;. The van der Waals surface area contributed by atoms with Crippen LogP contribution >= 0.6 is 0 Å². The topological polar surface area (TPSA) is 0 Å². The van der Waals surface area contributed by atoms with Gasteiger partial charge in [-0.25, -0.2) is 0 Å². The Morgan fingerprint density at radius 1 is 0.692 bits per heavy atom. The van der Waals surface area contributed by atoms with E-state index in [-0.39, 0.29) is 14.9 Å². The van der Waals surface area contributed by atoms with Gasteiger partial charge in [0, 0.05) is 0 Å². The minimum Gasteiger partial charge on any atom is -0.0990 e. The summed E-state index contributed by atoms with van der Waals surface area (Å²) in [7, 11) is 0. The van der Waals surface area contributed by atoms with Crippen molar-refractivity contribution in [3.8, 4) is 0 Å². The summed E-state index contributed by atoms with van der Waals surface area (Å²) in [5.41, 5.74) is 5.88. The van der Waals surface area contributed by atoms with Gasteiger partial charge in [-0.15, -0.1) is 0 Å². The van der Waals surface area contributed by atoms with Crippen LogP contribution in [0.15, 0.2) is 122 Å². The minimum absolute atomic E-state index is 0. The van der Waals surface area contributed by atoms with Crippen LogP contribution in [-0.4, -0.2) is 0 Å². The zero-order valence-corrected chi connectivity index (χ0v) is 13.9. The van der Waals surface area contributed by atoms with Crippen molar-refractivity contribution in [2.24, 2.45) is 0 Å². The highest BCUT2D eigenvalue weighted by Crippen LogP contribution is 2.27. The lowest BCUT2D eigenvalue weighted by molar-refractivity contribution is 1.54. The van der Waals surface area contributed by atoms with E-state index in [0.717, 1.165) is 33.4 Å². The summed E-state index contributed by atoms with van der Waals surface area (Å²) in [4.78, 5) is 0. The zero-order chi connectivity index (χ0) is 17.4. The molecular weight excluding hydrogens is 312 g/mol. The Morgan fingerprint density at radius 3 is 1.69 bits per heavy atom. The average molecular weight is 343 g/mol. The molecule has 0 saturated carbocycles. The molecule has 2 aromatic rings. The van der Waals surface area contributed by atoms with Crippen LogP contribution in [0.3, 0.4) is 0 Å². The van der Waals surface area contributed by atoms with Crippen molar-refractivity contribution in [2.45, 2.75) is 14.9 Å². The van der Waals surface area contributed by atoms with E-state index in [1.165, 1.54) is 0 Å². The average Bonchev–Trinajstić information content (AvgIpc) is 2.64. The molecular formula is C26H30. The Hall–Kier alpha value is -3.12. The molecule has 134 valence electrons. The third-order valence-electron chi connectivity index (χ3n) is 3.71. The van der Waals surface area contributed by atoms with Crippen molar-refractivity contribution in [2.75, 3.05) is 0 Å². The number of allylic oxidation sites excluding steroid dienone is 8. The molecule has 0 aliphatic carbocycles. The first-order valence-corrected chi connectivity index (χ1v) is 7.82.